The third kappa shape index (κ3) is 8.83. The molecule has 0 heterocycles. The van der Waals surface area contributed by atoms with Crippen LogP contribution in [0.1, 0.15) is 20.3 Å². The van der Waals surface area contributed by atoms with Crippen LogP contribution < -0.4 is 0 Å². The smallest absolute Gasteiger partial charge is 0 e. The summed E-state index contributed by atoms with van der Waals surface area (Å²) < 4.78 is 0. The first-order chi connectivity index (χ1) is 2.27. The van der Waals surface area contributed by atoms with E-state index in [1.165, 1.54) is 0 Å². The van der Waals surface area contributed by atoms with Crippen LogP contribution in [0.2, 0.25) is 0 Å². The van der Waals surface area contributed by atoms with Crippen LogP contribution in [0.3, 0.4) is 0 Å². The normalized spacial score (nSPS) is 6.33. The van der Waals surface area contributed by atoms with Crippen molar-refractivity contribution in [3.8, 4) is 0 Å². The molecule has 0 fully saturated rings. The Morgan fingerprint density at radius 2 is 1.83 bits per heavy atom. The number of hydrogen-bond donors (Lipinski definition) is 0. The molecule has 0 unspecified atom stereocenters. The van der Waals surface area contributed by atoms with Gasteiger partial charge in [0.2, 0.25) is 0 Å². The molecule has 36 valence electrons. The third-order valence-electron chi connectivity index (χ3n) is 0.558. The molecule has 0 aromatic carbocycles. The minimum Gasteiger partial charge on any atom is -0.515 e. The monoisotopic (exact) mass is 253 g/mol. The second-order valence-electron chi connectivity index (χ2n) is 1.20. The van der Waals surface area contributed by atoms with Gasteiger partial charge in [-0.2, -0.15) is 0 Å². The number of hydrogen-bond acceptors (Lipinski definition) is 0. The molecule has 0 saturated heterocycles. The van der Waals surface area contributed by atoms with Crippen LogP contribution in [0.4, 0.5) is 0 Å². The standard InChI is InChI=1S/C5H9.W/c1-4-5(2)3;/h2H,4H2,1,3H3;/q-1;. The van der Waals surface area contributed by atoms with Gasteiger partial charge in [-0.15, -0.1) is 0 Å². The molecule has 0 rings (SSSR count). The Labute approximate surface area is 53.9 Å². The molecule has 0 aromatic rings. The Hall–Kier alpha value is 0.428. The van der Waals surface area contributed by atoms with Gasteiger partial charge in [0.25, 0.3) is 0 Å². The molecular weight excluding hydrogens is 244 g/mol. The van der Waals surface area contributed by atoms with E-state index >= 15 is 0 Å². The van der Waals surface area contributed by atoms with Crippen molar-refractivity contribution in [3.63, 3.8) is 0 Å². The molecule has 6 heavy (non-hydrogen) atoms. The van der Waals surface area contributed by atoms with Crippen molar-refractivity contribution < 1.29 is 21.1 Å². The zero-order valence-corrected chi connectivity index (χ0v) is 7.13. The predicted octanol–water partition coefficient (Wildman–Crippen LogP) is 1.77. The maximum absolute atomic E-state index is 5.21. The van der Waals surface area contributed by atoms with Crippen molar-refractivity contribution in [2.45, 2.75) is 20.3 Å². The van der Waals surface area contributed by atoms with Crippen LogP contribution in [0.15, 0.2) is 5.57 Å². The molecule has 0 amide bonds. The van der Waals surface area contributed by atoms with E-state index in [0.717, 1.165) is 12.0 Å². The van der Waals surface area contributed by atoms with Gasteiger partial charge in [0.1, 0.15) is 0 Å². The van der Waals surface area contributed by atoms with E-state index < -0.39 is 0 Å². The van der Waals surface area contributed by atoms with Crippen LogP contribution in [0.25, 0.3) is 0 Å². The van der Waals surface area contributed by atoms with E-state index in [2.05, 4.69) is 0 Å². The summed E-state index contributed by atoms with van der Waals surface area (Å²) in [5, 5.41) is 0. The molecule has 0 radical (unpaired) electrons. The van der Waals surface area contributed by atoms with Gasteiger partial charge in [-0.25, -0.2) is 0 Å². The summed E-state index contributed by atoms with van der Waals surface area (Å²) in [7, 11) is 0. The second kappa shape index (κ2) is 5.43. The fourth-order valence-corrected chi connectivity index (χ4v) is 0. The molecule has 0 saturated carbocycles. The zero-order valence-electron chi connectivity index (χ0n) is 4.19. The second-order valence-corrected chi connectivity index (χ2v) is 1.20. The van der Waals surface area contributed by atoms with Crippen molar-refractivity contribution in [2.75, 3.05) is 0 Å². The van der Waals surface area contributed by atoms with Crippen LogP contribution in [0, 0.1) is 6.58 Å². The first kappa shape index (κ1) is 9.66. The summed E-state index contributed by atoms with van der Waals surface area (Å²) in [6, 6.07) is 0. The van der Waals surface area contributed by atoms with E-state index in [-0.39, 0.29) is 21.1 Å². The Bertz CT molecular complexity index is 39.2. The quantitative estimate of drug-likeness (QED) is 0.625. The maximum Gasteiger partial charge on any atom is 0 e. The Morgan fingerprint density at radius 1 is 1.67 bits per heavy atom. The fourth-order valence-electron chi connectivity index (χ4n) is 0. The van der Waals surface area contributed by atoms with E-state index in [0.29, 0.717) is 0 Å². The molecule has 0 aliphatic carbocycles. The summed E-state index contributed by atoms with van der Waals surface area (Å²) in [6.07, 6.45) is 1.00. The van der Waals surface area contributed by atoms with Crippen LogP contribution in [-0.4, -0.2) is 0 Å². The first-order valence-corrected chi connectivity index (χ1v) is 1.85. The SMILES string of the molecule is [CH-]=C(C)CC.[W]. The summed E-state index contributed by atoms with van der Waals surface area (Å²) in [6.45, 7) is 9.16. The van der Waals surface area contributed by atoms with Crippen molar-refractivity contribution in [3.05, 3.63) is 12.2 Å². The van der Waals surface area contributed by atoms with Gasteiger partial charge in [0.15, 0.2) is 0 Å². The summed E-state index contributed by atoms with van der Waals surface area (Å²) in [5.74, 6) is 0. The Morgan fingerprint density at radius 3 is 1.83 bits per heavy atom. The maximum atomic E-state index is 5.21. The molecule has 0 aromatic heterocycles. The van der Waals surface area contributed by atoms with Gasteiger partial charge >= 0.3 is 0 Å². The molecule has 0 atom stereocenters. The number of rotatable bonds is 1. The molecule has 0 aliphatic rings. The van der Waals surface area contributed by atoms with Gasteiger partial charge in [-0.1, -0.05) is 20.3 Å². The average Bonchev–Trinajstić information content (AvgIpc) is 1.38. The van der Waals surface area contributed by atoms with Gasteiger partial charge in [-0.3, -0.25) is 5.57 Å². The Balaban J connectivity index is 0. The molecule has 0 bridgehead atoms. The fraction of sp³-hybridized carbons (Fsp3) is 0.600. The van der Waals surface area contributed by atoms with Crippen molar-refractivity contribution >= 4 is 0 Å². The average molecular weight is 253 g/mol. The van der Waals surface area contributed by atoms with Crippen LogP contribution >= 0.6 is 0 Å². The van der Waals surface area contributed by atoms with Gasteiger partial charge in [-0.05, 0) is 0 Å². The molecule has 1 heteroatoms. The van der Waals surface area contributed by atoms with Crippen molar-refractivity contribution in [1.82, 2.24) is 0 Å². The summed E-state index contributed by atoms with van der Waals surface area (Å²) in [5.41, 5.74) is 1.00. The number of allylic oxidation sites excluding steroid dienone is 1. The van der Waals surface area contributed by atoms with Crippen LogP contribution in [0.5, 0.6) is 0 Å². The minimum absolute atomic E-state index is 0. The van der Waals surface area contributed by atoms with Crippen molar-refractivity contribution in [2.24, 2.45) is 0 Å². The molecule has 0 N–H and O–H groups in total. The topological polar surface area (TPSA) is 0 Å². The summed E-state index contributed by atoms with van der Waals surface area (Å²) >= 11 is 0. The predicted molar refractivity (Wildman–Crippen MR) is 23.8 cm³/mol. The molecular formula is C5H9W-. The van der Waals surface area contributed by atoms with E-state index in [1.807, 2.05) is 13.8 Å². The van der Waals surface area contributed by atoms with E-state index in [4.69, 9.17) is 6.58 Å². The van der Waals surface area contributed by atoms with Gasteiger partial charge in [0.05, 0.1) is 0 Å². The van der Waals surface area contributed by atoms with Gasteiger partial charge in [0, 0.05) is 21.1 Å². The summed E-state index contributed by atoms with van der Waals surface area (Å²) in [4.78, 5) is 0. The first-order valence-electron chi connectivity index (χ1n) is 1.85. The largest absolute Gasteiger partial charge is 0.515 e. The van der Waals surface area contributed by atoms with E-state index in [1.54, 1.807) is 0 Å². The van der Waals surface area contributed by atoms with Gasteiger partial charge < -0.3 is 6.58 Å². The van der Waals surface area contributed by atoms with E-state index in [9.17, 15) is 0 Å². The van der Waals surface area contributed by atoms with Crippen molar-refractivity contribution in [1.29, 1.82) is 0 Å². The third-order valence-corrected chi connectivity index (χ3v) is 0.558. The molecule has 0 spiro atoms. The molecule has 0 nitrogen and oxygen atoms in total. The minimum atomic E-state index is 0. The van der Waals surface area contributed by atoms with Crippen LogP contribution in [-0.2, 0) is 21.1 Å². The zero-order chi connectivity index (χ0) is 4.28. The molecule has 0 aliphatic heterocycles. The Kier molecular flexibility index (Phi) is 8.74.